The van der Waals surface area contributed by atoms with Crippen molar-refractivity contribution in [1.29, 1.82) is 0 Å². The summed E-state index contributed by atoms with van der Waals surface area (Å²) < 4.78 is 86.0. The van der Waals surface area contributed by atoms with Crippen LogP contribution >= 0.6 is 11.6 Å². The molecule has 164 valence electrons. The van der Waals surface area contributed by atoms with Crippen molar-refractivity contribution in [3.8, 4) is 5.75 Å². The molecule has 0 amide bonds. The van der Waals surface area contributed by atoms with Crippen molar-refractivity contribution in [3.05, 3.63) is 58.6 Å². The number of aromatic nitrogens is 1. The highest BCUT2D eigenvalue weighted by atomic mass is 35.5. The Kier molecular flexibility index (Phi) is 7.37. The van der Waals surface area contributed by atoms with E-state index in [2.05, 4.69) is 14.8 Å². The lowest BCUT2D eigenvalue weighted by molar-refractivity contribution is -0.153. The highest BCUT2D eigenvalue weighted by molar-refractivity contribution is 6.30. The van der Waals surface area contributed by atoms with Crippen LogP contribution in [0.15, 0.2) is 41.6 Å². The van der Waals surface area contributed by atoms with Gasteiger partial charge >= 0.3 is 6.18 Å². The van der Waals surface area contributed by atoms with Gasteiger partial charge in [0.15, 0.2) is 6.61 Å². The SMILES string of the molecule is N/N=C\N(N)CC(c1ccc(Cl)cc1F)C(F)(F)c1ccc(OCC(F)(F)F)cn1. The van der Waals surface area contributed by atoms with Crippen LogP contribution in [0.25, 0.3) is 0 Å². The molecule has 0 aliphatic rings. The topological polar surface area (TPSA) is 89.8 Å². The number of nitrogens with two attached hydrogens (primary N) is 2. The smallest absolute Gasteiger partial charge is 0.422 e. The van der Waals surface area contributed by atoms with Crippen LogP contribution in [0.3, 0.4) is 0 Å². The monoisotopic (exact) mass is 455 g/mol. The number of alkyl halides is 5. The summed E-state index contributed by atoms with van der Waals surface area (Å²) in [5, 5.41) is 3.84. The molecule has 1 atom stereocenters. The number of hydrogen-bond donors (Lipinski definition) is 2. The van der Waals surface area contributed by atoms with Crippen LogP contribution in [-0.2, 0) is 5.92 Å². The summed E-state index contributed by atoms with van der Waals surface area (Å²) in [4.78, 5) is 3.49. The van der Waals surface area contributed by atoms with Crippen LogP contribution in [0.5, 0.6) is 5.75 Å². The normalized spacial score (nSPS) is 13.5. The average Bonchev–Trinajstić information content (AvgIpc) is 2.65. The van der Waals surface area contributed by atoms with Gasteiger partial charge < -0.3 is 10.6 Å². The molecule has 0 fully saturated rings. The van der Waals surface area contributed by atoms with Crippen LogP contribution < -0.4 is 16.4 Å². The lowest BCUT2D eigenvalue weighted by Crippen LogP contribution is -2.40. The van der Waals surface area contributed by atoms with Crippen molar-refractivity contribution in [2.24, 2.45) is 16.8 Å². The van der Waals surface area contributed by atoms with E-state index in [1.165, 1.54) is 6.07 Å². The van der Waals surface area contributed by atoms with Crippen molar-refractivity contribution in [2.45, 2.75) is 18.0 Å². The Labute approximate surface area is 172 Å². The molecule has 0 saturated heterocycles. The van der Waals surface area contributed by atoms with E-state index in [1.807, 2.05) is 0 Å². The number of nitrogens with zero attached hydrogens (tertiary/aromatic N) is 3. The Morgan fingerprint density at radius 3 is 2.43 bits per heavy atom. The fourth-order valence-electron chi connectivity index (χ4n) is 2.54. The molecule has 1 heterocycles. The summed E-state index contributed by atoms with van der Waals surface area (Å²) in [7, 11) is 0. The maximum Gasteiger partial charge on any atom is 0.422 e. The molecule has 0 aliphatic carbocycles. The largest absolute Gasteiger partial charge is 0.483 e. The van der Waals surface area contributed by atoms with E-state index in [4.69, 9.17) is 23.3 Å². The van der Waals surface area contributed by atoms with Crippen molar-refractivity contribution in [2.75, 3.05) is 13.2 Å². The molecule has 2 rings (SSSR count). The highest BCUT2D eigenvalue weighted by Crippen LogP contribution is 2.43. The summed E-state index contributed by atoms with van der Waals surface area (Å²) >= 11 is 5.68. The van der Waals surface area contributed by atoms with Gasteiger partial charge in [-0.15, -0.1) is 0 Å². The number of ether oxygens (including phenoxy) is 1. The fraction of sp³-hybridized carbons (Fsp3) is 0.294. The van der Waals surface area contributed by atoms with E-state index in [0.717, 1.165) is 35.6 Å². The van der Waals surface area contributed by atoms with E-state index < -0.39 is 48.2 Å². The second-order valence-corrected chi connectivity index (χ2v) is 6.52. The summed E-state index contributed by atoms with van der Waals surface area (Å²) in [6.07, 6.45) is -3.03. The third kappa shape index (κ3) is 6.13. The first-order valence-corrected chi connectivity index (χ1v) is 8.55. The number of rotatable bonds is 8. The minimum absolute atomic E-state index is 0.00395. The van der Waals surface area contributed by atoms with Gasteiger partial charge in [-0.2, -0.15) is 27.1 Å². The van der Waals surface area contributed by atoms with Crippen LogP contribution in [0.1, 0.15) is 17.2 Å². The molecular formula is C17H16ClF6N5O. The Hall–Kier alpha value is -2.73. The van der Waals surface area contributed by atoms with Gasteiger partial charge in [0.1, 0.15) is 23.6 Å². The van der Waals surface area contributed by atoms with Crippen molar-refractivity contribution < 1.29 is 31.1 Å². The van der Waals surface area contributed by atoms with Crippen LogP contribution in [0.2, 0.25) is 5.02 Å². The zero-order valence-electron chi connectivity index (χ0n) is 15.1. The minimum Gasteiger partial charge on any atom is -0.483 e. The number of halogens is 7. The van der Waals surface area contributed by atoms with Gasteiger partial charge in [0.05, 0.1) is 12.1 Å². The van der Waals surface area contributed by atoms with Crippen molar-refractivity contribution >= 4 is 17.9 Å². The summed E-state index contributed by atoms with van der Waals surface area (Å²) in [6, 6.07) is 4.84. The molecule has 1 aromatic carbocycles. The summed E-state index contributed by atoms with van der Waals surface area (Å²) in [5.41, 5.74) is -1.25. The fourth-order valence-corrected chi connectivity index (χ4v) is 2.70. The quantitative estimate of drug-likeness (QED) is 0.208. The van der Waals surface area contributed by atoms with E-state index >= 15 is 8.78 Å². The molecule has 1 unspecified atom stereocenters. The average molecular weight is 456 g/mol. The zero-order valence-corrected chi connectivity index (χ0v) is 15.8. The molecule has 6 nitrogen and oxygen atoms in total. The third-order valence-corrected chi connectivity index (χ3v) is 4.10. The second-order valence-electron chi connectivity index (χ2n) is 6.09. The van der Waals surface area contributed by atoms with Gasteiger partial charge in [-0.05, 0) is 29.8 Å². The minimum atomic E-state index is -4.60. The van der Waals surface area contributed by atoms with E-state index in [0.29, 0.717) is 6.20 Å². The van der Waals surface area contributed by atoms with Gasteiger partial charge in [-0.3, -0.25) is 9.99 Å². The van der Waals surface area contributed by atoms with Gasteiger partial charge in [0.2, 0.25) is 0 Å². The molecule has 30 heavy (non-hydrogen) atoms. The number of hydrazine groups is 1. The molecule has 1 aromatic heterocycles. The third-order valence-electron chi connectivity index (χ3n) is 3.86. The van der Waals surface area contributed by atoms with Crippen molar-refractivity contribution in [3.63, 3.8) is 0 Å². The second kappa shape index (κ2) is 9.39. The molecule has 0 bridgehead atoms. The van der Waals surface area contributed by atoms with Gasteiger partial charge in [0, 0.05) is 11.6 Å². The van der Waals surface area contributed by atoms with Crippen LogP contribution in [-0.4, -0.2) is 35.7 Å². The van der Waals surface area contributed by atoms with Crippen molar-refractivity contribution in [1.82, 2.24) is 9.99 Å². The first-order chi connectivity index (χ1) is 13.9. The van der Waals surface area contributed by atoms with E-state index in [-0.39, 0.29) is 10.8 Å². The maximum absolute atomic E-state index is 15.3. The lowest BCUT2D eigenvalue weighted by atomic mass is 9.89. The van der Waals surface area contributed by atoms with E-state index in [9.17, 15) is 17.6 Å². The molecule has 13 heteroatoms. The zero-order chi connectivity index (χ0) is 22.5. The molecule has 2 aromatic rings. The molecule has 0 radical (unpaired) electrons. The molecule has 0 saturated carbocycles. The summed E-state index contributed by atoms with van der Waals surface area (Å²) in [5.74, 6) is 3.48. The molecule has 4 N–H and O–H groups in total. The molecular weight excluding hydrogens is 440 g/mol. The Bertz CT molecular complexity index is 878. The number of benzene rings is 1. The van der Waals surface area contributed by atoms with Gasteiger partial charge in [-0.1, -0.05) is 17.7 Å². The number of pyridine rings is 1. The van der Waals surface area contributed by atoms with Crippen LogP contribution in [0, 0.1) is 5.82 Å². The number of hydrogen-bond acceptors (Lipinski definition) is 5. The standard InChI is InChI=1S/C17H16ClF6N5O/c18-10-1-3-12(14(19)5-10)13(7-29(26)9-28-25)17(23,24)15-4-2-11(6-27-15)30-8-16(20,21)22/h1-6,9,13H,7-8,25-26H2/b28-9-. The van der Waals surface area contributed by atoms with Crippen LogP contribution in [0.4, 0.5) is 26.3 Å². The first-order valence-electron chi connectivity index (χ1n) is 8.17. The Morgan fingerprint density at radius 1 is 1.20 bits per heavy atom. The first kappa shape index (κ1) is 23.5. The van der Waals surface area contributed by atoms with Gasteiger partial charge in [-0.25, -0.2) is 10.2 Å². The Balaban J connectivity index is 2.37. The molecule has 0 aliphatic heterocycles. The highest BCUT2D eigenvalue weighted by Gasteiger charge is 2.45. The number of hydrazone groups is 1. The predicted octanol–water partition coefficient (Wildman–Crippen LogP) is 3.77. The lowest BCUT2D eigenvalue weighted by Gasteiger charge is -2.29. The Morgan fingerprint density at radius 2 is 1.90 bits per heavy atom. The summed E-state index contributed by atoms with van der Waals surface area (Å²) in [6.45, 7) is -2.23. The molecule has 0 spiro atoms. The van der Waals surface area contributed by atoms with E-state index in [1.54, 1.807) is 0 Å². The maximum atomic E-state index is 15.3. The predicted molar refractivity (Wildman–Crippen MR) is 97.4 cm³/mol. The van der Waals surface area contributed by atoms with Gasteiger partial charge in [0.25, 0.3) is 5.92 Å².